The lowest BCUT2D eigenvalue weighted by molar-refractivity contribution is 0.0871. The second-order valence-electron chi connectivity index (χ2n) is 5.14. The third-order valence-electron chi connectivity index (χ3n) is 2.96. The molecule has 0 spiro atoms. The molecule has 2 aromatic carbocycles. The molecule has 4 heteroatoms. The van der Waals surface area contributed by atoms with E-state index in [-0.39, 0.29) is 18.3 Å². The van der Waals surface area contributed by atoms with E-state index in [0.29, 0.717) is 16.3 Å². The zero-order valence-corrected chi connectivity index (χ0v) is 10.9. The van der Waals surface area contributed by atoms with Gasteiger partial charge in [-0.3, -0.25) is 4.79 Å². The van der Waals surface area contributed by atoms with E-state index in [1.807, 2.05) is 0 Å². The third-order valence-corrected chi connectivity index (χ3v) is 2.96. The lowest BCUT2D eigenvalue weighted by Crippen LogP contribution is -2.46. The van der Waals surface area contributed by atoms with Crippen LogP contribution in [0.4, 0.5) is 4.39 Å². The minimum Gasteiger partial charge on any atom is -0.394 e. The van der Waals surface area contributed by atoms with Crippen LogP contribution in [-0.4, -0.2) is 23.2 Å². The van der Waals surface area contributed by atoms with Gasteiger partial charge in [0, 0.05) is 10.9 Å². The third kappa shape index (κ3) is 2.74. The van der Waals surface area contributed by atoms with E-state index in [1.54, 1.807) is 38.1 Å². The summed E-state index contributed by atoms with van der Waals surface area (Å²) < 4.78 is 13.7. The Kier molecular flexibility index (Phi) is 3.53. The number of hydrogen-bond donors (Lipinski definition) is 2. The monoisotopic (exact) mass is 261 g/mol. The largest absolute Gasteiger partial charge is 0.394 e. The number of nitrogens with one attached hydrogen (secondary N) is 1. The predicted octanol–water partition coefficient (Wildman–Crippen LogP) is 2.48. The Labute approximate surface area is 111 Å². The van der Waals surface area contributed by atoms with E-state index in [4.69, 9.17) is 0 Å². The number of rotatable bonds is 3. The fraction of sp³-hybridized carbons (Fsp3) is 0.267. The normalized spacial score (nSPS) is 11.6. The van der Waals surface area contributed by atoms with Gasteiger partial charge in [-0.2, -0.15) is 0 Å². The van der Waals surface area contributed by atoms with Crippen LogP contribution in [0.3, 0.4) is 0 Å². The average molecular weight is 261 g/mol. The number of carbonyl (C=O) groups excluding carboxylic acids is 1. The number of amides is 1. The van der Waals surface area contributed by atoms with Gasteiger partial charge in [-0.25, -0.2) is 4.39 Å². The maximum atomic E-state index is 13.7. The Bertz CT molecular complexity index is 623. The lowest BCUT2D eigenvalue weighted by atomic mass is 10.0. The van der Waals surface area contributed by atoms with Crippen LogP contribution in [0.2, 0.25) is 0 Å². The van der Waals surface area contributed by atoms with Crippen LogP contribution in [0.5, 0.6) is 0 Å². The highest BCUT2D eigenvalue weighted by Gasteiger charge is 2.21. The van der Waals surface area contributed by atoms with Crippen molar-refractivity contribution in [3.8, 4) is 0 Å². The van der Waals surface area contributed by atoms with Crippen molar-refractivity contribution in [3.63, 3.8) is 0 Å². The summed E-state index contributed by atoms with van der Waals surface area (Å²) in [5.41, 5.74) is -0.314. The summed E-state index contributed by atoms with van der Waals surface area (Å²) >= 11 is 0. The molecule has 0 atom stereocenters. The van der Waals surface area contributed by atoms with Gasteiger partial charge in [0.05, 0.1) is 12.1 Å². The predicted molar refractivity (Wildman–Crippen MR) is 72.5 cm³/mol. The number of halogens is 1. The van der Waals surface area contributed by atoms with E-state index in [1.165, 1.54) is 12.1 Å². The molecule has 2 N–H and O–H groups in total. The first-order chi connectivity index (χ1) is 8.94. The molecule has 0 aliphatic rings. The van der Waals surface area contributed by atoms with Gasteiger partial charge < -0.3 is 10.4 Å². The average Bonchev–Trinajstić information content (AvgIpc) is 2.39. The van der Waals surface area contributed by atoms with Gasteiger partial charge in [0.2, 0.25) is 0 Å². The molecule has 0 aromatic heterocycles. The summed E-state index contributed by atoms with van der Waals surface area (Å²) in [5.74, 6) is -0.677. The van der Waals surface area contributed by atoms with Crippen LogP contribution in [-0.2, 0) is 0 Å². The Hall–Kier alpha value is -1.94. The first-order valence-electron chi connectivity index (χ1n) is 6.05. The topological polar surface area (TPSA) is 49.3 Å². The van der Waals surface area contributed by atoms with Crippen LogP contribution in [0.25, 0.3) is 10.8 Å². The molecular weight excluding hydrogens is 245 g/mol. The second kappa shape index (κ2) is 4.97. The van der Waals surface area contributed by atoms with Gasteiger partial charge in [-0.1, -0.05) is 24.3 Å². The standard InChI is InChI=1S/C15H16FNO2/c1-15(2,9-18)17-14(19)12-7-8-13(16)11-6-4-3-5-10(11)12/h3-8,18H,9H2,1-2H3,(H,17,19). The zero-order chi connectivity index (χ0) is 14.0. The van der Waals surface area contributed by atoms with Crippen LogP contribution in [0.1, 0.15) is 24.2 Å². The van der Waals surface area contributed by atoms with Crippen molar-refractivity contribution in [2.45, 2.75) is 19.4 Å². The molecule has 3 nitrogen and oxygen atoms in total. The van der Waals surface area contributed by atoms with Crippen molar-refractivity contribution in [2.24, 2.45) is 0 Å². The molecule has 100 valence electrons. The molecule has 0 bridgehead atoms. The van der Waals surface area contributed by atoms with Crippen molar-refractivity contribution in [1.82, 2.24) is 5.32 Å². The van der Waals surface area contributed by atoms with Crippen LogP contribution in [0.15, 0.2) is 36.4 Å². The SMILES string of the molecule is CC(C)(CO)NC(=O)c1ccc(F)c2ccccc12. The first-order valence-corrected chi connectivity index (χ1v) is 6.05. The molecule has 0 fully saturated rings. The van der Waals surface area contributed by atoms with Gasteiger partial charge >= 0.3 is 0 Å². The van der Waals surface area contributed by atoms with Crippen molar-refractivity contribution in [2.75, 3.05) is 6.61 Å². The van der Waals surface area contributed by atoms with Crippen LogP contribution < -0.4 is 5.32 Å². The molecule has 1 amide bonds. The summed E-state index contributed by atoms with van der Waals surface area (Å²) in [7, 11) is 0. The maximum Gasteiger partial charge on any atom is 0.252 e. The van der Waals surface area contributed by atoms with E-state index in [0.717, 1.165) is 0 Å². The summed E-state index contributed by atoms with van der Waals surface area (Å²) in [6.45, 7) is 3.27. The van der Waals surface area contributed by atoms with Gasteiger partial charge in [0.25, 0.3) is 5.91 Å². The van der Waals surface area contributed by atoms with E-state index < -0.39 is 5.54 Å². The molecule has 0 aliphatic heterocycles. The Balaban J connectivity index is 2.46. The minimum absolute atomic E-state index is 0.169. The van der Waals surface area contributed by atoms with Gasteiger partial charge in [0.1, 0.15) is 5.82 Å². The highest BCUT2D eigenvalue weighted by molar-refractivity contribution is 6.07. The van der Waals surface area contributed by atoms with Gasteiger partial charge in [-0.15, -0.1) is 0 Å². The molecular formula is C15H16FNO2. The van der Waals surface area contributed by atoms with Crippen molar-refractivity contribution >= 4 is 16.7 Å². The lowest BCUT2D eigenvalue weighted by Gasteiger charge is -2.23. The number of carbonyl (C=O) groups is 1. The summed E-state index contributed by atoms with van der Waals surface area (Å²) in [4.78, 5) is 12.2. The van der Waals surface area contributed by atoms with E-state index in [9.17, 15) is 14.3 Å². The van der Waals surface area contributed by atoms with Crippen LogP contribution >= 0.6 is 0 Å². The van der Waals surface area contributed by atoms with Crippen molar-refractivity contribution in [1.29, 1.82) is 0 Å². The fourth-order valence-electron chi connectivity index (χ4n) is 1.87. The molecule has 2 aromatic rings. The molecule has 0 saturated heterocycles. The number of aliphatic hydroxyl groups is 1. The van der Waals surface area contributed by atoms with E-state index >= 15 is 0 Å². The first kappa shape index (κ1) is 13.5. The van der Waals surface area contributed by atoms with Crippen molar-refractivity contribution < 1.29 is 14.3 Å². The smallest absolute Gasteiger partial charge is 0.252 e. The van der Waals surface area contributed by atoms with E-state index in [2.05, 4.69) is 5.32 Å². The Morgan fingerprint density at radius 1 is 1.21 bits per heavy atom. The molecule has 19 heavy (non-hydrogen) atoms. The molecule has 0 heterocycles. The van der Waals surface area contributed by atoms with Gasteiger partial charge in [0.15, 0.2) is 0 Å². The summed E-state index contributed by atoms with van der Waals surface area (Å²) in [6, 6.07) is 9.57. The number of hydrogen-bond acceptors (Lipinski definition) is 2. The molecule has 0 radical (unpaired) electrons. The number of benzene rings is 2. The van der Waals surface area contributed by atoms with Crippen molar-refractivity contribution in [3.05, 3.63) is 47.8 Å². The summed E-state index contributed by atoms with van der Waals surface area (Å²) in [5, 5.41) is 12.9. The highest BCUT2D eigenvalue weighted by atomic mass is 19.1. The molecule has 2 rings (SSSR count). The Morgan fingerprint density at radius 2 is 1.84 bits per heavy atom. The maximum absolute atomic E-state index is 13.7. The highest BCUT2D eigenvalue weighted by Crippen LogP contribution is 2.22. The van der Waals surface area contributed by atoms with Crippen LogP contribution in [0, 0.1) is 5.82 Å². The molecule has 0 saturated carbocycles. The minimum atomic E-state index is -0.716. The fourth-order valence-corrected chi connectivity index (χ4v) is 1.87. The zero-order valence-electron chi connectivity index (χ0n) is 10.9. The number of aliphatic hydroxyl groups excluding tert-OH is 1. The molecule has 0 unspecified atom stereocenters. The van der Waals surface area contributed by atoms with Gasteiger partial charge in [-0.05, 0) is 31.4 Å². The second-order valence-corrected chi connectivity index (χ2v) is 5.14. The quantitative estimate of drug-likeness (QED) is 0.891. The molecule has 0 aliphatic carbocycles. The Morgan fingerprint density at radius 3 is 2.47 bits per heavy atom. The number of fused-ring (bicyclic) bond motifs is 1. The summed E-state index contributed by atoms with van der Waals surface area (Å²) in [6.07, 6.45) is 0.